The number of pyridine rings is 1. The molecule has 1 aromatic heterocycles. The number of halogens is 1. The van der Waals surface area contributed by atoms with Crippen LogP contribution in [0.2, 0.25) is 0 Å². The van der Waals surface area contributed by atoms with Gasteiger partial charge in [0.1, 0.15) is 23.1 Å². The van der Waals surface area contributed by atoms with Crippen LogP contribution in [-0.4, -0.2) is 44.7 Å². The minimum atomic E-state index is -0.677. The standard InChI is InChI=1S/C21H18FNO6/c1-26-13-5-6-14(19(9-13)27-2)18(24)11-29-20-10-17(21(25)28-3)23-16-7-4-12(22)8-15(16)20/h4-10H,11H2,1-3H3. The number of ketones is 1. The SMILES string of the molecule is COC(=O)c1cc(OCC(=O)c2ccc(OC)cc2OC)c2cc(F)ccc2n1. The van der Waals surface area contributed by atoms with Gasteiger partial charge in [-0.15, -0.1) is 0 Å². The smallest absolute Gasteiger partial charge is 0.356 e. The number of methoxy groups -OCH3 is 3. The van der Waals surface area contributed by atoms with E-state index in [1.165, 1.54) is 45.6 Å². The lowest BCUT2D eigenvalue weighted by Crippen LogP contribution is -2.14. The average molecular weight is 399 g/mol. The van der Waals surface area contributed by atoms with Crippen molar-refractivity contribution >= 4 is 22.7 Å². The summed E-state index contributed by atoms with van der Waals surface area (Å²) >= 11 is 0. The lowest BCUT2D eigenvalue weighted by Gasteiger charge is -2.12. The molecule has 0 fully saturated rings. The summed E-state index contributed by atoms with van der Waals surface area (Å²) in [5.41, 5.74) is 0.612. The van der Waals surface area contributed by atoms with Gasteiger partial charge in [-0.1, -0.05) is 0 Å². The molecule has 0 atom stereocenters. The molecule has 29 heavy (non-hydrogen) atoms. The first-order chi connectivity index (χ1) is 14.0. The van der Waals surface area contributed by atoms with Crippen molar-refractivity contribution in [1.82, 2.24) is 4.98 Å². The summed E-state index contributed by atoms with van der Waals surface area (Å²) in [4.78, 5) is 28.7. The van der Waals surface area contributed by atoms with Gasteiger partial charge in [0.15, 0.2) is 12.3 Å². The minimum Gasteiger partial charge on any atom is -0.497 e. The summed E-state index contributed by atoms with van der Waals surface area (Å²) in [5.74, 6) is -0.542. The zero-order valence-corrected chi connectivity index (χ0v) is 16.0. The Morgan fingerprint density at radius 3 is 2.45 bits per heavy atom. The molecule has 1 heterocycles. The quantitative estimate of drug-likeness (QED) is 0.444. The van der Waals surface area contributed by atoms with Crippen LogP contribution in [-0.2, 0) is 4.74 Å². The van der Waals surface area contributed by atoms with Gasteiger partial charge in [0.2, 0.25) is 5.78 Å². The fraction of sp³-hybridized carbons (Fsp3) is 0.190. The summed E-state index contributed by atoms with van der Waals surface area (Å²) in [6.07, 6.45) is 0. The summed E-state index contributed by atoms with van der Waals surface area (Å²) in [7, 11) is 4.17. The number of nitrogens with zero attached hydrogens (tertiary/aromatic N) is 1. The highest BCUT2D eigenvalue weighted by atomic mass is 19.1. The predicted molar refractivity (Wildman–Crippen MR) is 102 cm³/mol. The molecule has 2 aromatic carbocycles. The van der Waals surface area contributed by atoms with Gasteiger partial charge in [0.05, 0.1) is 32.4 Å². The Kier molecular flexibility index (Phi) is 5.92. The zero-order valence-electron chi connectivity index (χ0n) is 16.0. The Labute approximate surface area is 166 Å². The first-order valence-corrected chi connectivity index (χ1v) is 8.53. The van der Waals surface area contributed by atoms with E-state index in [9.17, 15) is 14.0 Å². The van der Waals surface area contributed by atoms with Gasteiger partial charge in [0.25, 0.3) is 0 Å². The maximum atomic E-state index is 13.7. The van der Waals surface area contributed by atoms with Crippen molar-refractivity contribution in [2.75, 3.05) is 27.9 Å². The van der Waals surface area contributed by atoms with Crippen LogP contribution >= 0.6 is 0 Å². The topological polar surface area (TPSA) is 84.0 Å². The van der Waals surface area contributed by atoms with Crippen LogP contribution in [0.15, 0.2) is 42.5 Å². The van der Waals surface area contributed by atoms with Crippen LogP contribution in [0.4, 0.5) is 4.39 Å². The molecule has 0 spiro atoms. The number of aromatic nitrogens is 1. The van der Waals surface area contributed by atoms with Crippen molar-refractivity contribution in [3.8, 4) is 17.2 Å². The molecule has 3 aromatic rings. The largest absolute Gasteiger partial charge is 0.497 e. The molecule has 0 aliphatic rings. The van der Waals surface area contributed by atoms with E-state index in [1.54, 1.807) is 18.2 Å². The Balaban J connectivity index is 1.92. The molecule has 0 saturated carbocycles. The first kappa shape index (κ1) is 20.1. The summed E-state index contributed by atoms with van der Waals surface area (Å²) in [6.45, 7) is -0.362. The second-order valence-electron chi connectivity index (χ2n) is 5.94. The molecule has 150 valence electrons. The lowest BCUT2D eigenvalue weighted by atomic mass is 10.1. The number of ether oxygens (including phenoxy) is 4. The fourth-order valence-corrected chi connectivity index (χ4v) is 2.75. The molecule has 0 amide bonds. The minimum absolute atomic E-state index is 0.0175. The number of carbonyl (C=O) groups is 2. The summed E-state index contributed by atoms with van der Waals surface area (Å²) in [5, 5.41) is 0.326. The molecule has 0 aliphatic heterocycles. The normalized spacial score (nSPS) is 10.5. The Morgan fingerprint density at radius 2 is 1.76 bits per heavy atom. The van der Waals surface area contributed by atoms with Crippen LogP contribution < -0.4 is 14.2 Å². The molecule has 8 heteroatoms. The third kappa shape index (κ3) is 4.26. The van der Waals surface area contributed by atoms with Crippen molar-refractivity contribution in [3.05, 3.63) is 59.5 Å². The molecule has 3 rings (SSSR count). The van der Waals surface area contributed by atoms with Crippen molar-refractivity contribution in [2.45, 2.75) is 0 Å². The Bertz CT molecular complexity index is 1080. The van der Waals surface area contributed by atoms with E-state index >= 15 is 0 Å². The third-order valence-electron chi connectivity index (χ3n) is 4.20. The van der Waals surface area contributed by atoms with E-state index in [2.05, 4.69) is 9.72 Å². The predicted octanol–water partition coefficient (Wildman–Crippen LogP) is 3.44. The van der Waals surface area contributed by atoms with Crippen molar-refractivity contribution in [3.63, 3.8) is 0 Å². The molecule has 0 N–H and O–H groups in total. The molecule has 7 nitrogen and oxygen atoms in total. The highest BCUT2D eigenvalue weighted by Crippen LogP contribution is 2.28. The molecule has 0 bridgehead atoms. The number of hydrogen-bond donors (Lipinski definition) is 0. The van der Waals surface area contributed by atoms with Gasteiger partial charge in [-0.2, -0.15) is 0 Å². The molecule has 0 radical (unpaired) electrons. The lowest BCUT2D eigenvalue weighted by molar-refractivity contribution is 0.0594. The van der Waals surface area contributed by atoms with E-state index in [0.717, 1.165) is 0 Å². The zero-order chi connectivity index (χ0) is 21.0. The number of carbonyl (C=O) groups excluding carboxylic acids is 2. The summed E-state index contributed by atoms with van der Waals surface area (Å²) < 4.78 is 34.4. The van der Waals surface area contributed by atoms with Crippen LogP contribution in [0.25, 0.3) is 10.9 Å². The second kappa shape index (κ2) is 8.55. The van der Waals surface area contributed by atoms with Gasteiger partial charge in [-0.3, -0.25) is 4.79 Å². The number of esters is 1. The van der Waals surface area contributed by atoms with E-state index in [1.807, 2.05) is 0 Å². The molecule has 0 saturated heterocycles. The van der Waals surface area contributed by atoms with E-state index < -0.39 is 11.8 Å². The van der Waals surface area contributed by atoms with Crippen LogP contribution in [0.1, 0.15) is 20.8 Å². The third-order valence-corrected chi connectivity index (χ3v) is 4.20. The maximum absolute atomic E-state index is 13.7. The monoisotopic (exact) mass is 399 g/mol. The van der Waals surface area contributed by atoms with E-state index in [4.69, 9.17) is 14.2 Å². The van der Waals surface area contributed by atoms with Crippen LogP contribution in [0.5, 0.6) is 17.2 Å². The highest BCUT2D eigenvalue weighted by molar-refractivity contribution is 6.00. The van der Waals surface area contributed by atoms with Crippen molar-refractivity contribution in [2.24, 2.45) is 0 Å². The van der Waals surface area contributed by atoms with Crippen LogP contribution in [0.3, 0.4) is 0 Å². The Morgan fingerprint density at radius 1 is 0.966 bits per heavy atom. The molecule has 0 aliphatic carbocycles. The number of rotatable bonds is 7. The van der Waals surface area contributed by atoms with E-state index in [0.29, 0.717) is 28.0 Å². The van der Waals surface area contributed by atoms with Gasteiger partial charge in [-0.25, -0.2) is 14.2 Å². The first-order valence-electron chi connectivity index (χ1n) is 8.53. The Hall–Kier alpha value is -3.68. The molecular weight excluding hydrogens is 381 g/mol. The number of benzene rings is 2. The average Bonchev–Trinajstić information content (AvgIpc) is 2.75. The fourth-order valence-electron chi connectivity index (χ4n) is 2.75. The maximum Gasteiger partial charge on any atom is 0.356 e. The summed E-state index contributed by atoms with van der Waals surface area (Å²) in [6, 6.07) is 9.94. The molecular formula is C21H18FNO6. The van der Waals surface area contributed by atoms with Gasteiger partial charge >= 0.3 is 5.97 Å². The van der Waals surface area contributed by atoms with Gasteiger partial charge in [0, 0.05) is 17.5 Å². The van der Waals surface area contributed by atoms with Crippen LogP contribution in [0, 0.1) is 5.82 Å². The number of fused-ring (bicyclic) bond motifs is 1. The molecule has 0 unspecified atom stereocenters. The van der Waals surface area contributed by atoms with Gasteiger partial charge < -0.3 is 18.9 Å². The number of hydrogen-bond acceptors (Lipinski definition) is 7. The van der Waals surface area contributed by atoms with Crippen molar-refractivity contribution in [1.29, 1.82) is 0 Å². The van der Waals surface area contributed by atoms with E-state index in [-0.39, 0.29) is 23.8 Å². The second-order valence-corrected chi connectivity index (χ2v) is 5.94. The highest BCUT2D eigenvalue weighted by Gasteiger charge is 2.17. The number of Topliss-reactive ketones (excluding diaryl/α,β-unsaturated/α-hetero) is 1. The van der Waals surface area contributed by atoms with Crippen molar-refractivity contribution < 1.29 is 32.9 Å². The van der Waals surface area contributed by atoms with Gasteiger partial charge in [-0.05, 0) is 30.3 Å².